The molecule has 0 saturated carbocycles. The normalized spacial score (nSPS) is 17.0. The standard InChI is InChI=1S/C19H16FN3O2/c20-15-6-4-13(5-7-15)18-16(11-22-25-18)19(24)23-10-8-14(12-23)17-3-1-2-9-21-17/h1-7,9,11,14H,8,10,12H2. The van der Waals surface area contributed by atoms with Gasteiger partial charge in [-0.3, -0.25) is 9.78 Å². The van der Waals surface area contributed by atoms with Crippen LogP contribution in [0.1, 0.15) is 28.4 Å². The number of carbonyl (C=O) groups is 1. The summed E-state index contributed by atoms with van der Waals surface area (Å²) < 4.78 is 18.4. The molecule has 1 aromatic carbocycles. The van der Waals surface area contributed by atoms with E-state index < -0.39 is 0 Å². The van der Waals surface area contributed by atoms with Crippen LogP contribution in [-0.4, -0.2) is 34.0 Å². The third-order valence-electron chi connectivity index (χ3n) is 4.49. The lowest BCUT2D eigenvalue weighted by atomic mass is 10.0. The molecular formula is C19H16FN3O2. The van der Waals surface area contributed by atoms with Crippen molar-refractivity contribution in [1.29, 1.82) is 0 Å². The average Bonchev–Trinajstić information content (AvgIpc) is 3.32. The van der Waals surface area contributed by atoms with Gasteiger partial charge >= 0.3 is 0 Å². The Labute approximate surface area is 144 Å². The van der Waals surface area contributed by atoms with Gasteiger partial charge in [0.2, 0.25) is 0 Å². The molecule has 126 valence electrons. The molecule has 6 heteroatoms. The van der Waals surface area contributed by atoms with Gasteiger partial charge < -0.3 is 9.42 Å². The highest BCUT2D eigenvalue weighted by molar-refractivity contribution is 5.99. The zero-order chi connectivity index (χ0) is 17.2. The van der Waals surface area contributed by atoms with E-state index in [1.807, 2.05) is 18.2 Å². The van der Waals surface area contributed by atoms with E-state index in [9.17, 15) is 9.18 Å². The first-order valence-corrected chi connectivity index (χ1v) is 8.13. The highest BCUT2D eigenvalue weighted by atomic mass is 19.1. The fourth-order valence-corrected chi connectivity index (χ4v) is 3.18. The second-order valence-electron chi connectivity index (χ2n) is 6.07. The third-order valence-corrected chi connectivity index (χ3v) is 4.49. The SMILES string of the molecule is O=C(c1cnoc1-c1ccc(F)cc1)N1CCC(c2ccccn2)C1. The predicted molar refractivity (Wildman–Crippen MR) is 89.4 cm³/mol. The number of aromatic nitrogens is 2. The number of pyridine rings is 1. The molecule has 3 heterocycles. The molecule has 0 aliphatic carbocycles. The Kier molecular flexibility index (Phi) is 4.01. The summed E-state index contributed by atoms with van der Waals surface area (Å²) in [6, 6.07) is 11.6. The van der Waals surface area contributed by atoms with Crippen LogP contribution >= 0.6 is 0 Å². The van der Waals surface area contributed by atoms with E-state index in [1.165, 1.54) is 18.3 Å². The Hall–Kier alpha value is -3.02. The Morgan fingerprint density at radius 3 is 2.80 bits per heavy atom. The minimum absolute atomic E-state index is 0.126. The number of rotatable bonds is 3. The zero-order valence-electron chi connectivity index (χ0n) is 13.4. The van der Waals surface area contributed by atoms with Crippen LogP contribution in [0.25, 0.3) is 11.3 Å². The van der Waals surface area contributed by atoms with Gasteiger partial charge in [0.1, 0.15) is 11.4 Å². The molecular weight excluding hydrogens is 321 g/mol. The molecule has 1 saturated heterocycles. The smallest absolute Gasteiger partial charge is 0.259 e. The molecule has 25 heavy (non-hydrogen) atoms. The lowest BCUT2D eigenvalue weighted by molar-refractivity contribution is 0.0791. The molecule has 0 N–H and O–H groups in total. The fraction of sp³-hybridized carbons (Fsp3) is 0.211. The lowest BCUT2D eigenvalue weighted by Crippen LogP contribution is -2.28. The largest absolute Gasteiger partial charge is 0.355 e. The van der Waals surface area contributed by atoms with Crippen molar-refractivity contribution in [2.75, 3.05) is 13.1 Å². The number of carbonyl (C=O) groups excluding carboxylic acids is 1. The van der Waals surface area contributed by atoms with Crippen LogP contribution in [0.5, 0.6) is 0 Å². The van der Waals surface area contributed by atoms with Crippen LogP contribution in [0.4, 0.5) is 4.39 Å². The number of benzene rings is 1. The van der Waals surface area contributed by atoms with E-state index in [0.29, 0.717) is 30.0 Å². The maximum Gasteiger partial charge on any atom is 0.259 e. The Morgan fingerprint density at radius 2 is 2.04 bits per heavy atom. The van der Waals surface area contributed by atoms with Gasteiger partial charge in [0, 0.05) is 36.5 Å². The van der Waals surface area contributed by atoms with Crippen molar-refractivity contribution in [3.63, 3.8) is 0 Å². The first kappa shape index (κ1) is 15.5. The molecule has 3 aromatic rings. The van der Waals surface area contributed by atoms with Crippen molar-refractivity contribution in [2.24, 2.45) is 0 Å². The summed E-state index contributed by atoms with van der Waals surface area (Å²) in [5, 5.41) is 3.76. The van der Waals surface area contributed by atoms with Crippen molar-refractivity contribution in [3.05, 3.63) is 71.9 Å². The molecule has 1 fully saturated rings. The van der Waals surface area contributed by atoms with Gasteiger partial charge in [0.25, 0.3) is 5.91 Å². The Bertz CT molecular complexity index is 877. The Morgan fingerprint density at radius 1 is 1.20 bits per heavy atom. The summed E-state index contributed by atoms with van der Waals surface area (Å²) in [6.45, 7) is 1.28. The van der Waals surface area contributed by atoms with Crippen LogP contribution in [0.3, 0.4) is 0 Å². The molecule has 0 spiro atoms. The van der Waals surface area contributed by atoms with Gasteiger partial charge in [-0.25, -0.2) is 4.39 Å². The second kappa shape index (κ2) is 6.47. The summed E-state index contributed by atoms with van der Waals surface area (Å²) >= 11 is 0. The molecule has 5 nitrogen and oxygen atoms in total. The molecule has 1 aliphatic heterocycles. The number of hydrogen-bond acceptors (Lipinski definition) is 4. The third kappa shape index (κ3) is 3.03. The van der Waals surface area contributed by atoms with Crippen LogP contribution < -0.4 is 0 Å². The van der Waals surface area contributed by atoms with Crippen molar-refractivity contribution in [2.45, 2.75) is 12.3 Å². The number of hydrogen-bond donors (Lipinski definition) is 0. The van der Waals surface area contributed by atoms with Gasteiger partial charge in [-0.15, -0.1) is 0 Å². The minimum atomic E-state index is -0.339. The van der Waals surface area contributed by atoms with E-state index in [4.69, 9.17) is 4.52 Å². The maximum atomic E-state index is 13.1. The monoisotopic (exact) mass is 337 g/mol. The van der Waals surface area contributed by atoms with Crippen molar-refractivity contribution < 1.29 is 13.7 Å². The summed E-state index contributed by atoms with van der Waals surface area (Å²) in [4.78, 5) is 19.1. The van der Waals surface area contributed by atoms with Crippen LogP contribution in [-0.2, 0) is 0 Å². The first-order chi connectivity index (χ1) is 12.2. The topological polar surface area (TPSA) is 59.2 Å². The molecule has 2 aromatic heterocycles. The second-order valence-corrected chi connectivity index (χ2v) is 6.07. The summed E-state index contributed by atoms with van der Waals surface area (Å²) in [7, 11) is 0. The van der Waals surface area contributed by atoms with Crippen LogP contribution in [0.15, 0.2) is 59.4 Å². The molecule has 1 atom stereocenters. The van der Waals surface area contributed by atoms with E-state index in [0.717, 1.165) is 12.1 Å². The van der Waals surface area contributed by atoms with Gasteiger partial charge in [-0.05, 0) is 42.8 Å². The van der Waals surface area contributed by atoms with E-state index in [1.54, 1.807) is 23.2 Å². The van der Waals surface area contributed by atoms with Gasteiger partial charge in [-0.1, -0.05) is 11.2 Å². The van der Waals surface area contributed by atoms with Crippen LogP contribution in [0, 0.1) is 5.82 Å². The van der Waals surface area contributed by atoms with E-state index >= 15 is 0 Å². The summed E-state index contributed by atoms with van der Waals surface area (Å²) in [6.07, 6.45) is 4.07. The number of amides is 1. The zero-order valence-corrected chi connectivity index (χ0v) is 13.4. The summed E-state index contributed by atoms with van der Waals surface area (Å²) in [5.41, 5.74) is 2.03. The van der Waals surface area contributed by atoms with E-state index in [2.05, 4.69) is 10.1 Å². The fourth-order valence-electron chi connectivity index (χ4n) is 3.18. The minimum Gasteiger partial charge on any atom is -0.355 e. The van der Waals surface area contributed by atoms with Crippen LogP contribution in [0.2, 0.25) is 0 Å². The molecule has 0 bridgehead atoms. The quantitative estimate of drug-likeness (QED) is 0.734. The van der Waals surface area contributed by atoms with Crippen molar-refractivity contribution in [3.8, 4) is 11.3 Å². The lowest BCUT2D eigenvalue weighted by Gasteiger charge is -2.16. The predicted octanol–water partition coefficient (Wildman–Crippen LogP) is 3.51. The van der Waals surface area contributed by atoms with Gasteiger partial charge in [0.15, 0.2) is 5.76 Å². The molecule has 1 aliphatic rings. The number of halogens is 1. The Balaban J connectivity index is 1.55. The van der Waals surface area contributed by atoms with Gasteiger partial charge in [0.05, 0.1) is 6.20 Å². The molecule has 4 rings (SSSR count). The maximum absolute atomic E-state index is 13.1. The summed E-state index contributed by atoms with van der Waals surface area (Å²) in [5.74, 6) is 0.137. The molecule has 0 radical (unpaired) electrons. The highest BCUT2D eigenvalue weighted by Crippen LogP contribution is 2.30. The van der Waals surface area contributed by atoms with Gasteiger partial charge in [-0.2, -0.15) is 0 Å². The number of nitrogens with zero attached hydrogens (tertiary/aromatic N) is 3. The van der Waals surface area contributed by atoms with Crippen molar-refractivity contribution >= 4 is 5.91 Å². The van der Waals surface area contributed by atoms with E-state index in [-0.39, 0.29) is 17.6 Å². The highest BCUT2D eigenvalue weighted by Gasteiger charge is 2.31. The molecule has 1 amide bonds. The van der Waals surface area contributed by atoms with Crippen molar-refractivity contribution in [1.82, 2.24) is 15.0 Å². The first-order valence-electron chi connectivity index (χ1n) is 8.13. The molecule has 1 unspecified atom stereocenters. The average molecular weight is 337 g/mol. The number of likely N-dealkylation sites (tertiary alicyclic amines) is 1.